The third-order valence-corrected chi connectivity index (χ3v) is 3.75. The molecule has 0 fully saturated rings. The van der Waals surface area contributed by atoms with Crippen LogP contribution >= 0.6 is 0 Å². The highest BCUT2D eigenvalue weighted by atomic mass is 32.2. The number of carboxylic acid groups (broad SMARTS) is 1. The van der Waals surface area contributed by atoms with Gasteiger partial charge in [-0.3, -0.25) is 4.18 Å². The van der Waals surface area contributed by atoms with Crippen molar-refractivity contribution < 1.29 is 22.5 Å². The normalized spacial score (nSPS) is 13.4. The summed E-state index contributed by atoms with van der Waals surface area (Å²) >= 11 is 0. The minimum absolute atomic E-state index is 0.00519. The number of carboxylic acids is 1. The van der Waals surface area contributed by atoms with Crippen LogP contribution in [-0.2, 0) is 19.1 Å². The van der Waals surface area contributed by atoms with Crippen molar-refractivity contribution >= 4 is 16.1 Å². The number of rotatable bonds is 4. The van der Waals surface area contributed by atoms with Gasteiger partial charge in [0.25, 0.3) is 10.1 Å². The van der Waals surface area contributed by atoms with Gasteiger partial charge in [-0.05, 0) is 38.0 Å². The molecule has 1 N–H and O–H groups in total. The van der Waals surface area contributed by atoms with Crippen LogP contribution in [0.2, 0.25) is 0 Å². The highest BCUT2D eigenvalue weighted by molar-refractivity contribution is 7.86. The number of hydrogen-bond acceptors (Lipinski definition) is 4. The first-order valence-corrected chi connectivity index (χ1v) is 6.38. The largest absolute Gasteiger partial charge is 0.479 e. The molecule has 0 heterocycles. The van der Waals surface area contributed by atoms with Gasteiger partial charge in [-0.15, -0.1) is 0 Å². The molecule has 1 atom stereocenters. The predicted octanol–water partition coefficient (Wildman–Crippen LogP) is 1.48. The first-order chi connectivity index (χ1) is 7.74. The van der Waals surface area contributed by atoms with E-state index >= 15 is 0 Å². The van der Waals surface area contributed by atoms with Crippen LogP contribution in [0, 0.1) is 13.8 Å². The Morgan fingerprint density at radius 2 is 1.94 bits per heavy atom. The minimum Gasteiger partial charge on any atom is -0.479 e. The summed E-state index contributed by atoms with van der Waals surface area (Å²) in [5, 5.41) is 8.63. The molecule has 1 unspecified atom stereocenters. The van der Waals surface area contributed by atoms with Crippen molar-refractivity contribution in [1.29, 1.82) is 0 Å². The molecule has 0 bridgehead atoms. The average Bonchev–Trinajstić information content (AvgIpc) is 2.20. The molecule has 94 valence electrons. The molecular formula is C11H14O5S. The van der Waals surface area contributed by atoms with Crippen molar-refractivity contribution in [1.82, 2.24) is 0 Å². The Labute approximate surface area is 100 Å². The van der Waals surface area contributed by atoms with Crippen LogP contribution in [0.5, 0.6) is 0 Å². The van der Waals surface area contributed by atoms with Crippen molar-refractivity contribution in [2.24, 2.45) is 0 Å². The Morgan fingerprint density at radius 3 is 2.47 bits per heavy atom. The fraction of sp³-hybridized carbons (Fsp3) is 0.364. The van der Waals surface area contributed by atoms with Gasteiger partial charge in [0.1, 0.15) is 0 Å². The van der Waals surface area contributed by atoms with E-state index in [1.165, 1.54) is 13.0 Å². The van der Waals surface area contributed by atoms with E-state index in [0.717, 1.165) is 5.56 Å². The van der Waals surface area contributed by atoms with Gasteiger partial charge in [0, 0.05) is 0 Å². The highest BCUT2D eigenvalue weighted by Crippen LogP contribution is 2.20. The third-order valence-electron chi connectivity index (χ3n) is 2.23. The molecule has 0 aliphatic heterocycles. The molecule has 0 aliphatic carbocycles. The number of hydrogen-bond donors (Lipinski definition) is 1. The standard InChI is InChI=1S/C11H14O5S/c1-7-4-5-8(2)10(6-7)17(14,15)16-9(3)11(12)13/h4-6,9H,1-3H3,(H,12,13). The second kappa shape index (κ2) is 4.85. The fourth-order valence-electron chi connectivity index (χ4n) is 1.26. The van der Waals surface area contributed by atoms with E-state index in [4.69, 9.17) is 5.11 Å². The Bertz CT molecular complexity index is 533. The summed E-state index contributed by atoms with van der Waals surface area (Å²) in [4.78, 5) is 10.6. The summed E-state index contributed by atoms with van der Waals surface area (Å²) < 4.78 is 28.3. The minimum atomic E-state index is -4.04. The maximum Gasteiger partial charge on any atom is 0.334 e. The molecular weight excluding hydrogens is 244 g/mol. The van der Waals surface area contributed by atoms with Crippen LogP contribution < -0.4 is 0 Å². The van der Waals surface area contributed by atoms with Crippen LogP contribution in [0.15, 0.2) is 23.1 Å². The molecule has 0 aliphatic rings. The van der Waals surface area contributed by atoms with Gasteiger partial charge in [-0.25, -0.2) is 4.79 Å². The lowest BCUT2D eigenvalue weighted by atomic mass is 10.2. The third kappa shape index (κ3) is 3.28. The summed E-state index contributed by atoms with van der Waals surface area (Å²) in [6.45, 7) is 4.55. The Kier molecular flexibility index (Phi) is 3.90. The van der Waals surface area contributed by atoms with Crippen LogP contribution in [0.1, 0.15) is 18.1 Å². The van der Waals surface area contributed by atoms with E-state index < -0.39 is 22.2 Å². The van der Waals surface area contributed by atoms with Crippen molar-refractivity contribution in [2.75, 3.05) is 0 Å². The second-order valence-corrected chi connectivity index (χ2v) is 5.34. The van der Waals surface area contributed by atoms with Crippen molar-refractivity contribution in [3.05, 3.63) is 29.3 Å². The topological polar surface area (TPSA) is 80.7 Å². The Balaban J connectivity index is 3.13. The van der Waals surface area contributed by atoms with Crippen LogP contribution in [0.25, 0.3) is 0 Å². The van der Waals surface area contributed by atoms with E-state index in [1.54, 1.807) is 26.0 Å². The molecule has 1 aromatic carbocycles. The summed E-state index contributed by atoms with van der Waals surface area (Å²) in [6.07, 6.45) is -1.40. The Hall–Kier alpha value is -1.40. The molecule has 0 saturated carbocycles. The van der Waals surface area contributed by atoms with Gasteiger partial charge in [-0.1, -0.05) is 12.1 Å². The van der Waals surface area contributed by atoms with Crippen LogP contribution in [0.4, 0.5) is 0 Å². The van der Waals surface area contributed by atoms with Gasteiger partial charge >= 0.3 is 5.97 Å². The first-order valence-electron chi connectivity index (χ1n) is 4.97. The maximum atomic E-state index is 11.8. The van der Waals surface area contributed by atoms with Gasteiger partial charge < -0.3 is 5.11 Å². The first kappa shape index (κ1) is 13.7. The molecule has 6 heteroatoms. The van der Waals surface area contributed by atoms with Gasteiger partial charge in [0.05, 0.1) is 4.90 Å². The van der Waals surface area contributed by atoms with E-state index in [9.17, 15) is 13.2 Å². The number of aliphatic carboxylic acids is 1. The molecule has 5 nitrogen and oxygen atoms in total. The monoisotopic (exact) mass is 258 g/mol. The Morgan fingerprint density at radius 1 is 1.35 bits per heavy atom. The van der Waals surface area contributed by atoms with E-state index in [1.807, 2.05) is 0 Å². The van der Waals surface area contributed by atoms with Crippen molar-refractivity contribution in [3.63, 3.8) is 0 Å². The van der Waals surface area contributed by atoms with Gasteiger partial charge in [-0.2, -0.15) is 8.42 Å². The molecule has 0 radical (unpaired) electrons. The average molecular weight is 258 g/mol. The summed E-state index contributed by atoms with van der Waals surface area (Å²) in [5.74, 6) is -1.32. The van der Waals surface area contributed by atoms with Gasteiger partial charge in [0.2, 0.25) is 0 Å². The molecule has 17 heavy (non-hydrogen) atoms. The molecule has 0 saturated heterocycles. The van der Waals surface area contributed by atoms with E-state index in [0.29, 0.717) is 5.56 Å². The zero-order valence-corrected chi connectivity index (χ0v) is 10.6. The van der Waals surface area contributed by atoms with Crippen LogP contribution in [0.3, 0.4) is 0 Å². The quantitative estimate of drug-likeness (QED) is 0.827. The summed E-state index contributed by atoms with van der Waals surface area (Å²) in [6, 6.07) is 4.88. The second-order valence-electron chi connectivity index (χ2n) is 3.80. The lowest BCUT2D eigenvalue weighted by molar-refractivity contribution is -0.144. The molecule has 1 aromatic rings. The SMILES string of the molecule is Cc1ccc(C)c(S(=O)(=O)OC(C)C(=O)O)c1. The number of aryl methyl sites for hydroxylation is 2. The van der Waals surface area contributed by atoms with E-state index in [-0.39, 0.29) is 4.90 Å². The predicted molar refractivity (Wildman–Crippen MR) is 61.3 cm³/mol. The van der Waals surface area contributed by atoms with Gasteiger partial charge in [0.15, 0.2) is 6.10 Å². The molecule has 0 amide bonds. The zero-order chi connectivity index (χ0) is 13.2. The summed E-state index contributed by atoms with van der Waals surface area (Å²) in [5.41, 5.74) is 1.29. The zero-order valence-electron chi connectivity index (χ0n) is 9.80. The smallest absolute Gasteiger partial charge is 0.334 e. The summed E-state index contributed by atoms with van der Waals surface area (Å²) in [7, 11) is -4.04. The number of benzene rings is 1. The lowest BCUT2D eigenvalue weighted by Gasteiger charge is -2.11. The fourth-order valence-corrected chi connectivity index (χ4v) is 2.62. The number of carbonyl (C=O) groups is 1. The highest BCUT2D eigenvalue weighted by Gasteiger charge is 2.24. The van der Waals surface area contributed by atoms with Crippen molar-refractivity contribution in [3.8, 4) is 0 Å². The van der Waals surface area contributed by atoms with Crippen LogP contribution in [-0.4, -0.2) is 25.6 Å². The maximum absolute atomic E-state index is 11.8. The van der Waals surface area contributed by atoms with Crippen molar-refractivity contribution in [2.45, 2.75) is 31.8 Å². The van der Waals surface area contributed by atoms with E-state index in [2.05, 4.69) is 4.18 Å². The molecule has 0 spiro atoms. The molecule has 0 aromatic heterocycles. The molecule has 1 rings (SSSR count). The lowest BCUT2D eigenvalue weighted by Crippen LogP contribution is -2.24.